The molecule has 1 heterocycles. The number of rotatable bonds is 2. The molecule has 1 rings (SSSR count). The van der Waals surface area contributed by atoms with E-state index < -0.39 is 6.09 Å². The molecule has 1 N–H and O–H groups in total. The fourth-order valence-electron chi connectivity index (χ4n) is 1.16. The number of amides is 1. The average molecular weight is 220 g/mol. The summed E-state index contributed by atoms with van der Waals surface area (Å²) in [5.41, 5.74) is 4.38. The predicted molar refractivity (Wildman–Crippen MR) is 58.0 cm³/mol. The molecule has 0 atom stereocenters. The number of carbonyl (C=O) groups excluding carboxylic acids is 1. The zero-order chi connectivity index (χ0) is 12.1. The molecule has 1 aromatic rings. The Morgan fingerprint density at radius 3 is 2.94 bits per heavy atom. The highest BCUT2D eigenvalue weighted by Crippen LogP contribution is 2.10. The molecule has 0 saturated heterocycles. The summed E-state index contributed by atoms with van der Waals surface area (Å²) in [6.07, 6.45) is 0.831. The molecule has 1 aromatic heterocycles. The second kappa shape index (κ2) is 4.98. The van der Waals surface area contributed by atoms with Gasteiger partial charge in [-0.2, -0.15) is 10.4 Å². The highest BCUT2D eigenvalue weighted by atomic mass is 16.5. The Kier molecular flexibility index (Phi) is 3.67. The molecule has 0 bridgehead atoms. The lowest BCUT2D eigenvalue weighted by Gasteiger charge is -1.97. The molecule has 84 valence electrons. The number of nitriles is 1. The molecule has 0 saturated carbocycles. The standard InChI is InChI=1S/C10H12N4O2/c1-7-8(4-9(5-11)14(7)2)6-12-13-10(15)16-3/h4,6H,1-3H3,(H,13,15)/b12-6-. The normalized spacial score (nSPS) is 10.1. The van der Waals surface area contributed by atoms with Crippen LogP contribution in [0.4, 0.5) is 4.79 Å². The first-order valence-electron chi connectivity index (χ1n) is 4.53. The van der Waals surface area contributed by atoms with Gasteiger partial charge < -0.3 is 9.30 Å². The number of hydrazone groups is 1. The van der Waals surface area contributed by atoms with Gasteiger partial charge in [-0.15, -0.1) is 0 Å². The number of hydrogen-bond donors (Lipinski definition) is 1. The van der Waals surface area contributed by atoms with Crippen LogP contribution in [0.1, 0.15) is 17.0 Å². The molecule has 0 unspecified atom stereocenters. The van der Waals surface area contributed by atoms with Crippen molar-refractivity contribution in [3.8, 4) is 6.07 Å². The van der Waals surface area contributed by atoms with Crippen LogP contribution < -0.4 is 5.43 Å². The Balaban J connectivity index is 2.83. The van der Waals surface area contributed by atoms with E-state index in [0.717, 1.165) is 11.3 Å². The van der Waals surface area contributed by atoms with Crippen LogP contribution in [-0.2, 0) is 11.8 Å². The average Bonchev–Trinajstić information content (AvgIpc) is 2.56. The van der Waals surface area contributed by atoms with Crippen LogP contribution in [0, 0.1) is 18.3 Å². The number of methoxy groups -OCH3 is 1. The molecule has 0 aromatic carbocycles. The molecule has 0 radical (unpaired) electrons. The maximum absolute atomic E-state index is 10.7. The van der Waals surface area contributed by atoms with Crippen LogP contribution in [0.15, 0.2) is 11.2 Å². The summed E-state index contributed by atoms with van der Waals surface area (Å²) in [7, 11) is 3.05. The number of carbonyl (C=O) groups is 1. The molecule has 1 amide bonds. The van der Waals surface area contributed by atoms with Gasteiger partial charge in [0.15, 0.2) is 0 Å². The maximum Gasteiger partial charge on any atom is 0.427 e. The lowest BCUT2D eigenvalue weighted by Crippen LogP contribution is -2.16. The molecule has 6 heteroatoms. The van der Waals surface area contributed by atoms with Crippen molar-refractivity contribution in [2.45, 2.75) is 6.92 Å². The summed E-state index contributed by atoms with van der Waals surface area (Å²) >= 11 is 0. The smallest absolute Gasteiger partial charge is 0.427 e. The third-order valence-electron chi connectivity index (χ3n) is 2.23. The molecule has 0 aliphatic rings. The Bertz CT molecular complexity index is 468. The quantitative estimate of drug-likeness (QED) is 0.594. The van der Waals surface area contributed by atoms with Crippen LogP contribution in [0.3, 0.4) is 0 Å². The van der Waals surface area contributed by atoms with Gasteiger partial charge in [0.2, 0.25) is 0 Å². The first-order valence-corrected chi connectivity index (χ1v) is 4.53. The van der Waals surface area contributed by atoms with Crippen LogP contribution in [0.5, 0.6) is 0 Å². The van der Waals surface area contributed by atoms with Gasteiger partial charge in [-0.05, 0) is 13.0 Å². The van der Waals surface area contributed by atoms with Crippen LogP contribution in [-0.4, -0.2) is 24.0 Å². The summed E-state index contributed by atoms with van der Waals surface area (Å²) in [5.74, 6) is 0. The number of hydrogen-bond acceptors (Lipinski definition) is 4. The fourth-order valence-corrected chi connectivity index (χ4v) is 1.16. The largest absolute Gasteiger partial charge is 0.452 e. The lowest BCUT2D eigenvalue weighted by atomic mass is 10.3. The number of nitrogens with one attached hydrogen (secondary N) is 1. The van der Waals surface area contributed by atoms with Gasteiger partial charge in [0.25, 0.3) is 0 Å². The number of ether oxygens (including phenoxy) is 1. The summed E-state index contributed by atoms with van der Waals surface area (Å²) in [6, 6.07) is 3.75. The number of aromatic nitrogens is 1. The van der Waals surface area contributed by atoms with Gasteiger partial charge in [-0.25, -0.2) is 10.2 Å². The number of nitrogens with zero attached hydrogens (tertiary/aromatic N) is 3. The Labute approximate surface area is 93.1 Å². The van der Waals surface area contributed by atoms with E-state index in [0.29, 0.717) is 5.69 Å². The van der Waals surface area contributed by atoms with Crippen molar-refractivity contribution in [1.82, 2.24) is 9.99 Å². The lowest BCUT2D eigenvalue weighted by molar-refractivity contribution is 0.171. The Morgan fingerprint density at radius 1 is 1.75 bits per heavy atom. The zero-order valence-corrected chi connectivity index (χ0v) is 9.31. The minimum Gasteiger partial charge on any atom is -0.452 e. The summed E-state index contributed by atoms with van der Waals surface area (Å²) in [5, 5.41) is 12.5. The Hall–Kier alpha value is -2.29. The van der Waals surface area contributed by atoms with E-state index in [1.165, 1.54) is 13.3 Å². The van der Waals surface area contributed by atoms with Crippen LogP contribution in [0.25, 0.3) is 0 Å². The van der Waals surface area contributed by atoms with E-state index in [1.807, 2.05) is 6.92 Å². The van der Waals surface area contributed by atoms with Gasteiger partial charge in [0.05, 0.1) is 13.3 Å². The molecule has 0 aliphatic carbocycles. The molecule has 6 nitrogen and oxygen atoms in total. The van der Waals surface area contributed by atoms with Crippen molar-refractivity contribution in [2.24, 2.45) is 12.1 Å². The van der Waals surface area contributed by atoms with Crippen molar-refractivity contribution in [3.05, 3.63) is 23.0 Å². The third-order valence-corrected chi connectivity index (χ3v) is 2.23. The molecule has 0 spiro atoms. The molecular weight excluding hydrogens is 208 g/mol. The van der Waals surface area contributed by atoms with Crippen molar-refractivity contribution in [1.29, 1.82) is 5.26 Å². The fraction of sp³-hybridized carbons (Fsp3) is 0.300. The van der Waals surface area contributed by atoms with Gasteiger partial charge in [0.1, 0.15) is 11.8 Å². The summed E-state index contributed by atoms with van der Waals surface area (Å²) in [4.78, 5) is 10.7. The minimum absolute atomic E-state index is 0.539. The van der Waals surface area contributed by atoms with Gasteiger partial charge >= 0.3 is 6.09 Å². The van der Waals surface area contributed by atoms with Crippen molar-refractivity contribution < 1.29 is 9.53 Å². The van der Waals surface area contributed by atoms with Gasteiger partial charge in [0, 0.05) is 18.3 Å². The maximum atomic E-state index is 10.7. The van der Waals surface area contributed by atoms with Crippen molar-refractivity contribution in [2.75, 3.05) is 7.11 Å². The first-order chi connectivity index (χ1) is 7.60. The molecule has 0 fully saturated rings. The SMILES string of the molecule is COC(=O)N/N=C\c1cc(C#N)n(C)c1C. The molecular formula is C10H12N4O2. The van der Waals surface area contributed by atoms with Crippen LogP contribution >= 0.6 is 0 Å². The molecule has 0 aliphatic heterocycles. The van der Waals surface area contributed by atoms with Gasteiger partial charge in [-0.1, -0.05) is 0 Å². The van der Waals surface area contributed by atoms with E-state index in [2.05, 4.69) is 21.3 Å². The summed E-state index contributed by atoms with van der Waals surface area (Å²) in [6.45, 7) is 1.86. The van der Waals surface area contributed by atoms with Crippen LogP contribution in [0.2, 0.25) is 0 Å². The highest BCUT2D eigenvalue weighted by molar-refractivity contribution is 5.83. The van der Waals surface area contributed by atoms with Crippen molar-refractivity contribution >= 4 is 12.3 Å². The highest BCUT2D eigenvalue weighted by Gasteiger charge is 2.06. The van der Waals surface area contributed by atoms with E-state index in [1.54, 1.807) is 17.7 Å². The summed E-state index contributed by atoms with van der Waals surface area (Å²) < 4.78 is 6.10. The minimum atomic E-state index is -0.634. The second-order valence-electron chi connectivity index (χ2n) is 3.10. The van der Waals surface area contributed by atoms with E-state index in [9.17, 15) is 4.79 Å². The van der Waals surface area contributed by atoms with E-state index in [-0.39, 0.29) is 0 Å². The third kappa shape index (κ3) is 2.39. The molecule has 16 heavy (non-hydrogen) atoms. The van der Waals surface area contributed by atoms with Crippen molar-refractivity contribution in [3.63, 3.8) is 0 Å². The Morgan fingerprint density at radius 2 is 2.44 bits per heavy atom. The van der Waals surface area contributed by atoms with E-state index >= 15 is 0 Å². The first kappa shape index (κ1) is 11.8. The second-order valence-corrected chi connectivity index (χ2v) is 3.10. The van der Waals surface area contributed by atoms with Gasteiger partial charge in [-0.3, -0.25) is 0 Å². The predicted octanol–water partition coefficient (Wildman–Crippen LogP) is 0.895. The topological polar surface area (TPSA) is 79.4 Å². The zero-order valence-electron chi connectivity index (χ0n) is 9.31. The monoisotopic (exact) mass is 220 g/mol. The van der Waals surface area contributed by atoms with E-state index in [4.69, 9.17) is 5.26 Å².